The molecule has 0 aliphatic rings. The average Bonchev–Trinajstić information content (AvgIpc) is 2.26. The zero-order valence-corrected chi connectivity index (χ0v) is 10.5. The summed E-state index contributed by atoms with van der Waals surface area (Å²) in [7, 11) is 0. The van der Waals surface area contributed by atoms with E-state index in [1.807, 2.05) is 6.07 Å². The maximum atomic E-state index is 13.3. The van der Waals surface area contributed by atoms with Gasteiger partial charge in [-0.3, -0.25) is 0 Å². The topological polar surface area (TPSA) is 41.5 Å². The standard InChI is InChI=1S/C11H15BrFNO2/c12-10-2-1-9(11(13)7-10)8-14-3-5-16-6-4-15/h1-2,7,14-15H,3-6,8H2. The summed E-state index contributed by atoms with van der Waals surface area (Å²) in [5.41, 5.74) is 0.630. The van der Waals surface area contributed by atoms with Crippen LogP contribution in [0, 0.1) is 5.82 Å². The minimum absolute atomic E-state index is 0.0291. The fourth-order valence-electron chi connectivity index (χ4n) is 1.20. The van der Waals surface area contributed by atoms with Crippen LogP contribution in [0.4, 0.5) is 4.39 Å². The summed E-state index contributed by atoms with van der Waals surface area (Å²) in [4.78, 5) is 0. The summed E-state index contributed by atoms with van der Waals surface area (Å²) in [6.45, 7) is 1.99. The molecule has 1 rings (SSSR count). The van der Waals surface area contributed by atoms with Gasteiger partial charge in [0.25, 0.3) is 0 Å². The molecule has 0 aliphatic carbocycles. The third-order valence-corrected chi connectivity index (χ3v) is 2.48. The summed E-state index contributed by atoms with van der Waals surface area (Å²) in [5.74, 6) is -0.224. The Kier molecular flexibility index (Phi) is 6.56. The smallest absolute Gasteiger partial charge is 0.128 e. The SMILES string of the molecule is OCCOCCNCc1ccc(Br)cc1F. The summed E-state index contributed by atoms with van der Waals surface area (Å²) in [6.07, 6.45) is 0. The second-order valence-corrected chi connectivity index (χ2v) is 4.16. The number of aliphatic hydroxyl groups is 1. The summed E-state index contributed by atoms with van der Waals surface area (Å²) in [5, 5.41) is 11.5. The van der Waals surface area contributed by atoms with Crippen molar-refractivity contribution < 1.29 is 14.2 Å². The van der Waals surface area contributed by atoms with Gasteiger partial charge in [0, 0.05) is 23.1 Å². The van der Waals surface area contributed by atoms with Gasteiger partial charge in [0.15, 0.2) is 0 Å². The zero-order valence-electron chi connectivity index (χ0n) is 8.88. The Labute approximate surface area is 103 Å². The van der Waals surface area contributed by atoms with Gasteiger partial charge in [-0.2, -0.15) is 0 Å². The molecule has 0 saturated heterocycles. The van der Waals surface area contributed by atoms with E-state index in [4.69, 9.17) is 9.84 Å². The third-order valence-electron chi connectivity index (χ3n) is 1.99. The van der Waals surface area contributed by atoms with Crippen molar-refractivity contribution >= 4 is 15.9 Å². The first-order valence-electron chi connectivity index (χ1n) is 5.07. The molecule has 0 aromatic heterocycles. The second-order valence-electron chi connectivity index (χ2n) is 3.25. The fraction of sp³-hybridized carbons (Fsp3) is 0.455. The van der Waals surface area contributed by atoms with E-state index < -0.39 is 0 Å². The van der Waals surface area contributed by atoms with Crippen molar-refractivity contribution in [1.82, 2.24) is 5.32 Å². The molecule has 2 N–H and O–H groups in total. The Balaban J connectivity index is 2.21. The summed E-state index contributed by atoms with van der Waals surface area (Å²) in [6, 6.07) is 4.99. The number of ether oxygens (including phenoxy) is 1. The molecule has 3 nitrogen and oxygen atoms in total. The van der Waals surface area contributed by atoms with Crippen LogP contribution in [0.25, 0.3) is 0 Å². The van der Waals surface area contributed by atoms with Gasteiger partial charge < -0.3 is 15.2 Å². The van der Waals surface area contributed by atoms with Gasteiger partial charge >= 0.3 is 0 Å². The highest BCUT2D eigenvalue weighted by molar-refractivity contribution is 9.10. The monoisotopic (exact) mass is 291 g/mol. The second kappa shape index (κ2) is 7.73. The van der Waals surface area contributed by atoms with Gasteiger partial charge in [-0.15, -0.1) is 0 Å². The van der Waals surface area contributed by atoms with Crippen molar-refractivity contribution in [2.45, 2.75) is 6.54 Å². The minimum atomic E-state index is -0.224. The molecule has 90 valence electrons. The van der Waals surface area contributed by atoms with E-state index in [1.165, 1.54) is 6.07 Å². The number of hydrogen-bond donors (Lipinski definition) is 2. The lowest BCUT2D eigenvalue weighted by Crippen LogP contribution is -2.20. The Hall–Kier alpha value is -0.490. The van der Waals surface area contributed by atoms with E-state index >= 15 is 0 Å². The van der Waals surface area contributed by atoms with Crippen molar-refractivity contribution in [3.63, 3.8) is 0 Å². The van der Waals surface area contributed by atoms with Gasteiger partial charge in [0.2, 0.25) is 0 Å². The fourth-order valence-corrected chi connectivity index (χ4v) is 1.53. The van der Waals surface area contributed by atoms with Crippen molar-refractivity contribution in [3.8, 4) is 0 Å². The molecule has 0 heterocycles. The lowest BCUT2D eigenvalue weighted by Gasteiger charge is -2.06. The molecular weight excluding hydrogens is 277 g/mol. The molecule has 1 aromatic rings. The van der Waals surface area contributed by atoms with Crippen LogP contribution in [0.15, 0.2) is 22.7 Å². The van der Waals surface area contributed by atoms with Crippen LogP contribution in [-0.2, 0) is 11.3 Å². The quantitative estimate of drug-likeness (QED) is 0.751. The van der Waals surface area contributed by atoms with Crippen LogP contribution in [-0.4, -0.2) is 31.5 Å². The van der Waals surface area contributed by atoms with Gasteiger partial charge in [0.1, 0.15) is 5.82 Å². The molecule has 0 saturated carbocycles. The van der Waals surface area contributed by atoms with E-state index in [2.05, 4.69) is 21.2 Å². The van der Waals surface area contributed by atoms with Gasteiger partial charge in [-0.05, 0) is 12.1 Å². The van der Waals surface area contributed by atoms with Crippen molar-refractivity contribution in [2.75, 3.05) is 26.4 Å². The van der Waals surface area contributed by atoms with E-state index in [-0.39, 0.29) is 12.4 Å². The lowest BCUT2D eigenvalue weighted by molar-refractivity contribution is 0.0937. The van der Waals surface area contributed by atoms with Crippen molar-refractivity contribution in [2.24, 2.45) is 0 Å². The largest absolute Gasteiger partial charge is 0.394 e. The molecule has 1 aromatic carbocycles. The van der Waals surface area contributed by atoms with Crippen LogP contribution in [0.3, 0.4) is 0 Å². The molecule has 0 fully saturated rings. The molecule has 0 radical (unpaired) electrons. The van der Waals surface area contributed by atoms with Crippen LogP contribution in [0.1, 0.15) is 5.56 Å². The number of benzene rings is 1. The predicted octanol–water partition coefficient (Wildman–Crippen LogP) is 1.69. The van der Waals surface area contributed by atoms with E-state index in [0.29, 0.717) is 31.9 Å². The summed E-state index contributed by atoms with van der Waals surface area (Å²) >= 11 is 3.20. The zero-order chi connectivity index (χ0) is 11.8. The number of nitrogens with one attached hydrogen (secondary N) is 1. The Morgan fingerprint density at radius 1 is 1.38 bits per heavy atom. The Bertz CT molecular complexity index is 323. The highest BCUT2D eigenvalue weighted by Crippen LogP contribution is 2.14. The molecular formula is C11H15BrFNO2. The Morgan fingerprint density at radius 3 is 2.88 bits per heavy atom. The van der Waals surface area contributed by atoms with Crippen molar-refractivity contribution in [3.05, 3.63) is 34.1 Å². The average molecular weight is 292 g/mol. The van der Waals surface area contributed by atoms with Gasteiger partial charge in [0.05, 0.1) is 19.8 Å². The Morgan fingerprint density at radius 2 is 2.19 bits per heavy atom. The molecule has 0 aliphatic heterocycles. The normalized spacial score (nSPS) is 10.7. The molecule has 0 bridgehead atoms. The number of halogens is 2. The minimum Gasteiger partial charge on any atom is -0.394 e. The molecule has 5 heteroatoms. The highest BCUT2D eigenvalue weighted by atomic mass is 79.9. The van der Waals surface area contributed by atoms with Crippen LogP contribution in [0.2, 0.25) is 0 Å². The maximum Gasteiger partial charge on any atom is 0.128 e. The first-order chi connectivity index (χ1) is 7.74. The predicted molar refractivity (Wildman–Crippen MR) is 63.7 cm³/mol. The number of rotatable bonds is 7. The summed E-state index contributed by atoms with van der Waals surface area (Å²) < 4.78 is 19.1. The van der Waals surface area contributed by atoms with Crippen LogP contribution in [0.5, 0.6) is 0 Å². The van der Waals surface area contributed by atoms with Crippen LogP contribution < -0.4 is 5.32 Å². The van der Waals surface area contributed by atoms with E-state index in [9.17, 15) is 4.39 Å². The van der Waals surface area contributed by atoms with E-state index in [1.54, 1.807) is 6.07 Å². The first-order valence-corrected chi connectivity index (χ1v) is 5.86. The first kappa shape index (κ1) is 13.6. The van der Waals surface area contributed by atoms with E-state index in [0.717, 1.165) is 4.47 Å². The molecule has 0 atom stereocenters. The third kappa shape index (κ3) is 5.03. The molecule has 0 spiro atoms. The van der Waals surface area contributed by atoms with Crippen molar-refractivity contribution in [1.29, 1.82) is 0 Å². The number of hydrogen-bond acceptors (Lipinski definition) is 3. The molecule has 0 unspecified atom stereocenters. The molecule has 16 heavy (non-hydrogen) atoms. The highest BCUT2D eigenvalue weighted by Gasteiger charge is 2.01. The lowest BCUT2D eigenvalue weighted by atomic mass is 10.2. The maximum absolute atomic E-state index is 13.3. The van der Waals surface area contributed by atoms with Gasteiger partial charge in [-0.25, -0.2) is 4.39 Å². The molecule has 0 amide bonds. The van der Waals surface area contributed by atoms with Gasteiger partial charge in [-0.1, -0.05) is 22.0 Å². The van der Waals surface area contributed by atoms with Crippen LogP contribution >= 0.6 is 15.9 Å². The number of aliphatic hydroxyl groups excluding tert-OH is 1.